The molecule has 0 aliphatic heterocycles. The van der Waals surface area contributed by atoms with Crippen LogP contribution in [0.15, 0.2) is 33.7 Å². The summed E-state index contributed by atoms with van der Waals surface area (Å²) in [4.78, 5) is 23.7. The third-order valence-electron chi connectivity index (χ3n) is 2.89. The fourth-order valence-electron chi connectivity index (χ4n) is 1.95. The largest absolute Gasteiger partial charge is 0.308 e. The van der Waals surface area contributed by atoms with Gasteiger partial charge in [0.25, 0.3) is 5.56 Å². The van der Waals surface area contributed by atoms with E-state index in [1.165, 1.54) is 10.6 Å². The summed E-state index contributed by atoms with van der Waals surface area (Å²) in [7, 11) is 0. The summed E-state index contributed by atoms with van der Waals surface area (Å²) in [5, 5.41) is 0.935. The number of pyridine rings is 1. The number of hydrogen-bond donors (Lipinski definition) is 0. The molecule has 0 aliphatic rings. The Balaban J connectivity index is 2.49. The zero-order valence-corrected chi connectivity index (χ0v) is 12.0. The lowest BCUT2D eigenvalue weighted by molar-refractivity contribution is -0.119. The van der Waals surface area contributed by atoms with Gasteiger partial charge < -0.3 is 4.57 Å². The number of Topliss-reactive ketones (excluding diaryl/α,β-unsaturated/α-hetero) is 1. The standard InChI is InChI=1S/C14H13BrFNO2/c1-2-3-10(18)8-17-5-4-9-6-12(15)13(16)7-11(9)14(17)19/h4-7H,2-3,8H2,1H3. The van der Waals surface area contributed by atoms with Crippen molar-refractivity contribution in [2.45, 2.75) is 26.3 Å². The minimum Gasteiger partial charge on any atom is -0.308 e. The van der Waals surface area contributed by atoms with Crippen LogP contribution in [0.5, 0.6) is 0 Å². The van der Waals surface area contributed by atoms with Gasteiger partial charge in [-0.15, -0.1) is 0 Å². The highest BCUT2D eigenvalue weighted by molar-refractivity contribution is 9.10. The van der Waals surface area contributed by atoms with Gasteiger partial charge in [-0.2, -0.15) is 0 Å². The number of nitrogens with zero attached hydrogens (tertiary/aromatic N) is 1. The molecule has 0 amide bonds. The summed E-state index contributed by atoms with van der Waals surface area (Å²) in [5.74, 6) is -0.483. The van der Waals surface area contributed by atoms with Gasteiger partial charge in [0, 0.05) is 12.6 Å². The van der Waals surface area contributed by atoms with Crippen LogP contribution in [0.1, 0.15) is 19.8 Å². The lowest BCUT2D eigenvalue weighted by Crippen LogP contribution is -2.23. The van der Waals surface area contributed by atoms with Crippen molar-refractivity contribution in [3.8, 4) is 0 Å². The van der Waals surface area contributed by atoms with E-state index in [1.54, 1.807) is 18.3 Å². The van der Waals surface area contributed by atoms with E-state index < -0.39 is 5.82 Å². The molecule has 100 valence electrons. The third kappa shape index (κ3) is 2.92. The molecular formula is C14H13BrFNO2. The quantitative estimate of drug-likeness (QED) is 0.865. The van der Waals surface area contributed by atoms with Crippen molar-refractivity contribution in [3.63, 3.8) is 0 Å². The maximum atomic E-state index is 13.5. The van der Waals surface area contributed by atoms with E-state index >= 15 is 0 Å². The molecule has 3 nitrogen and oxygen atoms in total. The fourth-order valence-corrected chi connectivity index (χ4v) is 2.31. The average molecular weight is 326 g/mol. The maximum Gasteiger partial charge on any atom is 0.258 e. The molecule has 2 rings (SSSR count). The molecule has 0 atom stereocenters. The van der Waals surface area contributed by atoms with Gasteiger partial charge in [0.2, 0.25) is 0 Å². The van der Waals surface area contributed by atoms with Gasteiger partial charge in [-0.3, -0.25) is 9.59 Å². The Morgan fingerprint density at radius 3 is 2.84 bits per heavy atom. The smallest absolute Gasteiger partial charge is 0.258 e. The average Bonchev–Trinajstić information content (AvgIpc) is 2.36. The second-order valence-corrected chi connectivity index (χ2v) is 5.25. The molecule has 0 N–H and O–H groups in total. The van der Waals surface area contributed by atoms with Gasteiger partial charge in [0.15, 0.2) is 5.78 Å². The lowest BCUT2D eigenvalue weighted by Gasteiger charge is -2.07. The summed E-state index contributed by atoms with van der Waals surface area (Å²) in [5.41, 5.74) is -0.339. The SMILES string of the molecule is CCCC(=O)Cn1ccc2cc(Br)c(F)cc2c1=O. The van der Waals surface area contributed by atoms with Crippen LogP contribution in [0.2, 0.25) is 0 Å². The summed E-state index contributed by atoms with van der Waals surface area (Å²) >= 11 is 3.08. The van der Waals surface area contributed by atoms with Crippen molar-refractivity contribution in [2.24, 2.45) is 0 Å². The first-order valence-corrected chi connectivity index (χ1v) is 6.82. The second-order valence-electron chi connectivity index (χ2n) is 4.39. The topological polar surface area (TPSA) is 39.1 Å². The van der Waals surface area contributed by atoms with Crippen molar-refractivity contribution in [1.82, 2.24) is 4.57 Å². The first kappa shape index (κ1) is 13.9. The van der Waals surface area contributed by atoms with Crippen molar-refractivity contribution < 1.29 is 9.18 Å². The summed E-state index contributed by atoms with van der Waals surface area (Å²) in [6.07, 6.45) is 2.77. The molecule has 0 spiro atoms. The highest BCUT2D eigenvalue weighted by atomic mass is 79.9. The summed E-state index contributed by atoms with van der Waals surface area (Å²) < 4.78 is 15.1. The number of carbonyl (C=O) groups is 1. The van der Waals surface area contributed by atoms with E-state index in [-0.39, 0.29) is 23.3 Å². The van der Waals surface area contributed by atoms with Crippen LogP contribution in [0.25, 0.3) is 10.8 Å². The highest BCUT2D eigenvalue weighted by Gasteiger charge is 2.09. The number of fused-ring (bicyclic) bond motifs is 1. The molecule has 5 heteroatoms. The Hall–Kier alpha value is -1.49. The molecule has 0 saturated heterocycles. The first-order valence-electron chi connectivity index (χ1n) is 6.03. The highest BCUT2D eigenvalue weighted by Crippen LogP contribution is 2.21. The van der Waals surface area contributed by atoms with Crippen LogP contribution >= 0.6 is 15.9 Å². The van der Waals surface area contributed by atoms with E-state index in [4.69, 9.17) is 0 Å². The summed E-state index contributed by atoms with van der Waals surface area (Å²) in [6.45, 7) is 1.95. The normalized spacial score (nSPS) is 10.9. The zero-order valence-electron chi connectivity index (χ0n) is 10.5. The van der Waals surface area contributed by atoms with Crippen LogP contribution in [-0.2, 0) is 11.3 Å². The molecule has 19 heavy (non-hydrogen) atoms. The number of aromatic nitrogens is 1. The van der Waals surface area contributed by atoms with E-state index in [2.05, 4.69) is 15.9 Å². The minimum absolute atomic E-state index is 0.00142. The molecule has 2 aromatic rings. The number of carbonyl (C=O) groups excluding carboxylic acids is 1. The number of ketones is 1. The first-order chi connectivity index (χ1) is 9.02. The minimum atomic E-state index is -0.484. The lowest BCUT2D eigenvalue weighted by atomic mass is 10.1. The zero-order chi connectivity index (χ0) is 14.0. The van der Waals surface area contributed by atoms with Crippen LogP contribution in [0.4, 0.5) is 4.39 Å². The van der Waals surface area contributed by atoms with Crippen molar-refractivity contribution in [2.75, 3.05) is 0 Å². The van der Waals surface area contributed by atoms with Crippen LogP contribution < -0.4 is 5.56 Å². The Morgan fingerprint density at radius 1 is 1.42 bits per heavy atom. The monoisotopic (exact) mass is 325 g/mol. The van der Waals surface area contributed by atoms with E-state index in [9.17, 15) is 14.0 Å². The number of halogens is 2. The molecule has 0 saturated carbocycles. The van der Waals surface area contributed by atoms with E-state index in [0.717, 1.165) is 6.42 Å². The summed E-state index contributed by atoms with van der Waals surface area (Å²) in [6, 6.07) is 4.47. The van der Waals surface area contributed by atoms with Crippen LogP contribution in [0.3, 0.4) is 0 Å². The van der Waals surface area contributed by atoms with Gasteiger partial charge in [-0.05, 0) is 45.9 Å². The number of rotatable bonds is 4. The Labute approximate surface area is 118 Å². The molecule has 1 aromatic heterocycles. The molecule has 0 unspecified atom stereocenters. The number of hydrogen-bond acceptors (Lipinski definition) is 2. The van der Waals surface area contributed by atoms with Crippen LogP contribution in [0, 0.1) is 5.82 Å². The Kier molecular flexibility index (Phi) is 4.14. The molecular weight excluding hydrogens is 313 g/mol. The van der Waals surface area contributed by atoms with E-state index in [0.29, 0.717) is 16.3 Å². The molecule has 0 radical (unpaired) electrons. The predicted molar refractivity (Wildman–Crippen MR) is 75.8 cm³/mol. The van der Waals surface area contributed by atoms with Gasteiger partial charge >= 0.3 is 0 Å². The van der Waals surface area contributed by atoms with Gasteiger partial charge in [0.1, 0.15) is 5.82 Å². The molecule has 0 aliphatic carbocycles. The molecule has 1 aromatic carbocycles. The fraction of sp³-hybridized carbons (Fsp3) is 0.286. The maximum absolute atomic E-state index is 13.5. The van der Waals surface area contributed by atoms with Gasteiger partial charge in [-0.25, -0.2) is 4.39 Å². The molecule has 1 heterocycles. The third-order valence-corrected chi connectivity index (χ3v) is 3.50. The predicted octanol–water partition coefficient (Wildman–Crippen LogP) is 3.27. The Morgan fingerprint density at radius 2 is 2.16 bits per heavy atom. The van der Waals surface area contributed by atoms with Gasteiger partial charge in [-0.1, -0.05) is 6.92 Å². The molecule has 0 bridgehead atoms. The van der Waals surface area contributed by atoms with E-state index in [1.807, 2.05) is 6.92 Å². The van der Waals surface area contributed by atoms with Crippen molar-refractivity contribution in [1.29, 1.82) is 0 Å². The number of benzene rings is 1. The van der Waals surface area contributed by atoms with Crippen LogP contribution in [-0.4, -0.2) is 10.4 Å². The Bertz CT molecular complexity index is 694. The van der Waals surface area contributed by atoms with Crippen molar-refractivity contribution >= 4 is 32.5 Å². The molecule has 0 fully saturated rings. The second kappa shape index (κ2) is 5.65. The van der Waals surface area contributed by atoms with Crippen molar-refractivity contribution in [3.05, 3.63) is 45.0 Å². The van der Waals surface area contributed by atoms with Gasteiger partial charge in [0.05, 0.1) is 16.4 Å².